The highest BCUT2D eigenvalue weighted by molar-refractivity contribution is 5.73. The molecule has 2 unspecified atom stereocenters. The normalized spacial score (nSPS) is 17.7. The first kappa shape index (κ1) is 12.7. The molecule has 1 aliphatic heterocycles. The molecule has 0 aromatic heterocycles. The SMILES string of the molecule is CC(c1ccc2c(c1)OCCCO2)C(O)C(=O)O. The summed E-state index contributed by atoms with van der Waals surface area (Å²) in [5.41, 5.74) is 0.717. The standard InChI is InChI=1S/C13H16O5/c1-8(12(14)13(15)16)9-3-4-10-11(7-9)18-6-2-5-17-10/h3-4,7-8,12,14H,2,5-6H2,1H3,(H,15,16). The fraction of sp³-hybridized carbons (Fsp3) is 0.462. The Bertz CT molecular complexity index is 443. The topological polar surface area (TPSA) is 76.0 Å². The zero-order valence-corrected chi connectivity index (χ0v) is 10.1. The molecule has 0 aliphatic carbocycles. The van der Waals surface area contributed by atoms with Crippen molar-refractivity contribution in [2.75, 3.05) is 13.2 Å². The second kappa shape index (κ2) is 5.27. The van der Waals surface area contributed by atoms with E-state index in [0.717, 1.165) is 6.42 Å². The number of aliphatic carboxylic acids is 1. The Morgan fingerprint density at radius 1 is 1.28 bits per heavy atom. The largest absolute Gasteiger partial charge is 0.490 e. The van der Waals surface area contributed by atoms with Gasteiger partial charge in [-0.3, -0.25) is 0 Å². The van der Waals surface area contributed by atoms with Gasteiger partial charge in [0.25, 0.3) is 0 Å². The Morgan fingerprint density at radius 3 is 2.61 bits per heavy atom. The van der Waals surface area contributed by atoms with Crippen LogP contribution >= 0.6 is 0 Å². The second-order valence-electron chi connectivity index (χ2n) is 4.33. The number of hydrogen-bond donors (Lipinski definition) is 2. The maximum atomic E-state index is 10.8. The molecule has 2 rings (SSSR count). The highest BCUT2D eigenvalue weighted by Gasteiger charge is 2.24. The highest BCUT2D eigenvalue weighted by Crippen LogP contribution is 2.33. The van der Waals surface area contributed by atoms with Gasteiger partial charge in [-0.05, 0) is 17.7 Å². The third kappa shape index (κ3) is 2.56. The molecular weight excluding hydrogens is 236 g/mol. The van der Waals surface area contributed by atoms with Gasteiger partial charge in [0.05, 0.1) is 13.2 Å². The Hall–Kier alpha value is -1.75. The number of carboxylic acids is 1. The van der Waals surface area contributed by atoms with Crippen LogP contribution < -0.4 is 9.47 Å². The molecule has 5 nitrogen and oxygen atoms in total. The van der Waals surface area contributed by atoms with Gasteiger partial charge >= 0.3 is 5.97 Å². The molecule has 5 heteroatoms. The molecule has 2 atom stereocenters. The van der Waals surface area contributed by atoms with Crippen molar-refractivity contribution < 1.29 is 24.5 Å². The van der Waals surface area contributed by atoms with E-state index in [1.54, 1.807) is 25.1 Å². The number of benzene rings is 1. The third-order valence-corrected chi connectivity index (χ3v) is 3.02. The van der Waals surface area contributed by atoms with E-state index in [2.05, 4.69) is 0 Å². The van der Waals surface area contributed by atoms with Crippen LogP contribution in [0.5, 0.6) is 11.5 Å². The van der Waals surface area contributed by atoms with Crippen LogP contribution in [-0.4, -0.2) is 35.5 Å². The lowest BCUT2D eigenvalue weighted by Crippen LogP contribution is -2.25. The highest BCUT2D eigenvalue weighted by atomic mass is 16.5. The number of carbonyl (C=O) groups is 1. The van der Waals surface area contributed by atoms with Crippen LogP contribution in [0.2, 0.25) is 0 Å². The van der Waals surface area contributed by atoms with E-state index < -0.39 is 18.0 Å². The minimum absolute atomic E-state index is 0.500. The summed E-state index contributed by atoms with van der Waals surface area (Å²) in [5.74, 6) is -0.461. The number of hydrogen-bond acceptors (Lipinski definition) is 4. The fourth-order valence-corrected chi connectivity index (χ4v) is 1.86. The molecule has 0 bridgehead atoms. The third-order valence-electron chi connectivity index (χ3n) is 3.02. The van der Waals surface area contributed by atoms with Gasteiger partial charge in [0.15, 0.2) is 17.6 Å². The van der Waals surface area contributed by atoms with E-state index in [0.29, 0.717) is 30.3 Å². The van der Waals surface area contributed by atoms with Crippen LogP contribution in [0.15, 0.2) is 18.2 Å². The zero-order valence-electron chi connectivity index (χ0n) is 10.1. The lowest BCUT2D eigenvalue weighted by Gasteiger charge is -2.17. The van der Waals surface area contributed by atoms with Gasteiger partial charge in [-0.2, -0.15) is 0 Å². The van der Waals surface area contributed by atoms with E-state index in [4.69, 9.17) is 14.6 Å². The van der Waals surface area contributed by atoms with Crippen LogP contribution in [0, 0.1) is 0 Å². The summed E-state index contributed by atoms with van der Waals surface area (Å²) in [6, 6.07) is 5.24. The Balaban J connectivity index is 2.25. The summed E-state index contributed by atoms with van der Waals surface area (Å²) in [4.78, 5) is 10.8. The van der Waals surface area contributed by atoms with Crippen molar-refractivity contribution in [3.05, 3.63) is 23.8 Å². The van der Waals surface area contributed by atoms with E-state index in [1.165, 1.54) is 0 Å². The molecule has 0 fully saturated rings. The molecule has 1 aromatic carbocycles. The maximum absolute atomic E-state index is 10.8. The summed E-state index contributed by atoms with van der Waals surface area (Å²) in [7, 11) is 0. The molecule has 0 saturated heterocycles. The van der Waals surface area contributed by atoms with Crippen molar-refractivity contribution in [2.24, 2.45) is 0 Å². The Morgan fingerprint density at radius 2 is 1.94 bits per heavy atom. The quantitative estimate of drug-likeness (QED) is 0.850. The summed E-state index contributed by atoms with van der Waals surface area (Å²) in [6.07, 6.45) is -0.605. The van der Waals surface area contributed by atoms with E-state index >= 15 is 0 Å². The number of rotatable bonds is 3. The minimum atomic E-state index is -1.42. The second-order valence-corrected chi connectivity index (χ2v) is 4.33. The fourth-order valence-electron chi connectivity index (χ4n) is 1.86. The van der Waals surface area contributed by atoms with Gasteiger partial charge in [0.1, 0.15) is 0 Å². The van der Waals surface area contributed by atoms with Gasteiger partial charge in [0.2, 0.25) is 0 Å². The molecule has 2 N–H and O–H groups in total. The van der Waals surface area contributed by atoms with Crippen LogP contribution in [0.3, 0.4) is 0 Å². The van der Waals surface area contributed by atoms with Gasteiger partial charge in [-0.15, -0.1) is 0 Å². The summed E-state index contributed by atoms with van der Waals surface area (Å²) >= 11 is 0. The maximum Gasteiger partial charge on any atom is 0.333 e. The number of aliphatic hydroxyl groups is 1. The van der Waals surface area contributed by atoms with Crippen molar-refractivity contribution in [3.8, 4) is 11.5 Å². The molecule has 1 aromatic rings. The summed E-state index contributed by atoms with van der Waals surface area (Å²) in [5, 5.41) is 18.3. The lowest BCUT2D eigenvalue weighted by atomic mass is 9.95. The average Bonchev–Trinajstić information content (AvgIpc) is 2.60. The minimum Gasteiger partial charge on any atom is -0.490 e. The van der Waals surface area contributed by atoms with Crippen molar-refractivity contribution in [1.82, 2.24) is 0 Å². The predicted molar refractivity (Wildman–Crippen MR) is 64.1 cm³/mol. The van der Waals surface area contributed by atoms with Crippen molar-refractivity contribution in [3.63, 3.8) is 0 Å². The van der Waals surface area contributed by atoms with Crippen LogP contribution in [0.4, 0.5) is 0 Å². The van der Waals surface area contributed by atoms with Gasteiger partial charge in [-0.25, -0.2) is 4.79 Å². The molecule has 0 saturated carbocycles. The predicted octanol–water partition coefficient (Wildman–Crippen LogP) is 1.40. The van der Waals surface area contributed by atoms with E-state index in [9.17, 15) is 9.90 Å². The lowest BCUT2D eigenvalue weighted by molar-refractivity contribution is -0.147. The first-order valence-corrected chi connectivity index (χ1v) is 5.90. The monoisotopic (exact) mass is 252 g/mol. The van der Waals surface area contributed by atoms with E-state index in [1.807, 2.05) is 0 Å². The molecule has 1 aliphatic rings. The van der Waals surface area contributed by atoms with Crippen LogP contribution in [0.25, 0.3) is 0 Å². The molecule has 0 spiro atoms. The number of aliphatic hydroxyl groups excluding tert-OH is 1. The first-order chi connectivity index (χ1) is 8.59. The zero-order chi connectivity index (χ0) is 13.1. The first-order valence-electron chi connectivity index (χ1n) is 5.90. The van der Waals surface area contributed by atoms with E-state index in [-0.39, 0.29) is 0 Å². The smallest absolute Gasteiger partial charge is 0.333 e. The molecule has 1 heterocycles. The molecule has 18 heavy (non-hydrogen) atoms. The van der Waals surface area contributed by atoms with Crippen LogP contribution in [-0.2, 0) is 4.79 Å². The van der Waals surface area contributed by atoms with Gasteiger partial charge < -0.3 is 19.7 Å². The summed E-state index contributed by atoms with van der Waals surface area (Å²) < 4.78 is 11.0. The Kier molecular flexibility index (Phi) is 3.72. The average molecular weight is 252 g/mol. The van der Waals surface area contributed by atoms with Crippen molar-refractivity contribution >= 4 is 5.97 Å². The molecule has 0 radical (unpaired) electrons. The molecule has 98 valence electrons. The van der Waals surface area contributed by atoms with Crippen LogP contribution in [0.1, 0.15) is 24.8 Å². The number of ether oxygens (including phenoxy) is 2. The number of fused-ring (bicyclic) bond motifs is 1. The molecular formula is C13H16O5. The van der Waals surface area contributed by atoms with Crippen molar-refractivity contribution in [2.45, 2.75) is 25.4 Å². The van der Waals surface area contributed by atoms with Crippen molar-refractivity contribution in [1.29, 1.82) is 0 Å². The number of carboxylic acid groups (broad SMARTS) is 1. The Labute approximate surface area is 105 Å². The molecule has 0 amide bonds. The van der Waals surface area contributed by atoms with Gasteiger partial charge in [0, 0.05) is 12.3 Å². The summed E-state index contributed by atoms with van der Waals surface area (Å²) in [6.45, 7) is 2.85. The van der Waals surface area contributed by atoms with Gasteiger partial charge in [-0.1, -0.05) is 13.0 Å².